The van der Waals surface area contributed by atoms with Crippen molar-refractivity contribution in [3.63, 3.8) is 0 Å². The summed E-state index contributed by atoms with van der Waals surface area (Å²) < 4.78 is 1.15. The summed E-state index contributed by atoms with van der Waals surface area (Å²) in [5.74, 6) is 0.746. The predicted molar refractivity (Wildman–Crippen MR) is 149 cm³/mol. The van der Waals surface area contributed by atoms with Gasteiger partial charge in [0, 0.05) is 18.1 Å². The standard InChI is InChI=1S/C23H26BrClN4O.2C2H6/c1-28(2)12-13-29-14-20(15-4-3-5-17(25)9-6-15)27-22-21(23(29)30)18-10-7-16(24)8-11-19(18)26-22;2*1-2/h4-7,9-10,19,26H,3,8,11-14H2,1-2H3;2*1-2H3. The van der Waals surface area contributed by atoms with Crippen molar-refractivity contribution >= 4 is 39.1 Å². The minimum atomic E-state index is 0.0487. The molecule has 1 atom stereocenters. The number of nitrogens with zero attached hydrogens (tertiary/aromatic N) is 3. The first-order valence-corrected chi connectivity index (χ1v) is 13.4. The first kappa shape index (κ1) is 28.3. The maximum Gasteiger partial charge on any atom is 0.258 e. The number of aliphatic imine (C=N–C) groups is 1. The van der Waals surface area contributed by atoms with E-state index in [-0.39, 0.29) is 11.9 Å². The van der Waals surface area contributed by atoms with Gasteiger partial charge in [-0.25, -0.2) is 4.99 Å². The van der Waals surface area contributed by atoms with Crippen LogP contribution in [0.25, 0.3) is 0 Å². The lowest BCUT2D eigenvalue weighted by Crippen LogP contribution is -2.40. The van der Waals surface area contributed by atoms with Gasteiger partial charge in [-0.05, 0) is 55.1 Å². The summed E-state index contributed by atoms with van der Waals surface area (Å²) in [4.78, 5) is 22.6. The number of nitrogens with one attached hydrogen (secondary N) is 1. The fraction of sp³-hybridized carbons (Fsp3) is 0.481. The van der Waals surface area contributed by atoms with Crippen LogP contribution in [0.1, 0.15) is 47.0 Å². The lowest BCUT2D eigenvalue weighted by molar-refractivity contribution is -0.126. The minimum absolute atomic E-state index is 0.0487. The Morgan fingerprint density at radius 1 is 1.18 bits per heavy atom. The molecule has 0 spiro atoms. The summed E-state index contributed by atoms with van der Waals surface area (Å²) in [5, 5.41) is 4.25. The van der Waals surface area contributed by atoms with Crippen LogP contribution < -0.4 is 5.32 Å². The monoisotopic (exact) mass is 548 g/mol. The Morgan fingerprint density at radius 3 is 2.62 bits per heavy atom. The van der Waals surface area contributed by atoms with Crippen molar-refractivity contribution in [3.05, 3.63) is 68.5 Å². The summed E-state index contributed by atoms with van der Waals surface area (Å²) >= 11 is 9.79. The van der Waals surface area contributed by atoms with Gasteiger partial charge in [-0.2, -0.15) is 0 Å². The van der Waals surface area contributed by atoms with Crippen molar-refractivity contribution in [3.8, 4) is 0 Å². The number of carbonyl (C=O) groups excluding carboxylic acids is 1. The van der Waals surface area contributed by atoms with Gasteiger partial charge in [0.15, 0.2) is 0 Å². The van der Waals surface area contributed by atoms with Crippen LogP contribution in [0.2, 0.25) is 0 Å². The Morgan fingerprint density at radius 2 is 1.91 bits per heavy atom. The molecule has 0 aromatic heterocycles. The third-order valence-electron chi connectivity index (χ3n) is 5.64. The molecule has 2 aliphatic carbocycles. The van der Waals surface area contributed by atoms with Crippen molar-refractivity contribution in [1.29, 1.82) is 0 Å². The highest BCUT2D eigenvalue weighted by Gasteiger charge is 2.38. The van der Waals surface area contributed by atoms with E-state index >= 15 is 0 Å². The van der Waals surface area contributed by atoms with Gasteiger partial charge in [0.1, 0.15) is 5.82 Å². The molecule has 0 radical (unpaired) electrons. The molecule has 0 bridgehead atoms. The van der Waals surface area contributed by atoms with Gasteiger partial charge in [-0.3, -0.25) is 4.79 Å². The topological polar surface area (TPSA) is 47.9 Å². The highest BCUT2D eigenvalue weighted by Crippen LogP contribution is 2.35. The van der Waals surface area contributed by atoms with Gasteiger partial charge in [0.2, 0.25) is 0 Å². The molecular weight excluding hydrogens is 512 g/mol. The number of amides is 1. The summed E-state index contributed by atoms with van der Waals surface area (Å²) in [7, 11) is 4.05. The largest absolute Gasteiger partial charge is 0.363 e. The Balaban J connectivity index is 0.000000970. The molecule has 34 heavy (non-hydrogen) atoms. The zero-order valence-corrected chi connectivity index (χ0v) is 23.6. The molecule has 7 heteroatoms. The number of hydrogen-bond donors (Lipinski definition) is 1. The van der Waals surface area contributed by atoms with Crippen LogP contribution in [0.4, 0.5) is 0 Å². The van der Waals surface area contributed by atoms with Gasteiger partial charge in [-0.15, -0.1) is 0 Å². The first-order valence-electron chi connectivity index (χ1n) is 12.3. The molecule has 2 heterocycles. The van der Waals surface area contributed by atoms with Gasteiger partial charge >= 0.3 is 0 Å². The van der Waals surface area contributed by atoms with Gasteiger partial charge < -0.3 is 15.1 Å². The zero-order valence-electron chi connectivity index (χ0n) is 21.3. The van der Waals surface area contributed by atoms with Crippen LogP contribution in [0.5, 0.6) is 0 Å². The fourth-order valence-electron chi connectivity index (χ4n) is 3.97. The summed E-state index contributed by atoms with van der Waals surface area (Å²) in [5.41, 5.74) is 3.66. The van der Waals surface area contributed by atoms with E-state index in [2.05, 4.69) is 44.4 Å². The van der Waals surface area contributed by atoms with E-state index in [9.17, 15) is 4.79 Å². The van der Waals surface area contributed by atoms with Crippen molar-refractivity contribution in [1.82, 2.24) is 15.1 Å². The molecule has 5 nitrogen and oxygen atoms in total. The van der Waals surface area contributed by atoms with Crippen LogP contribution in [0.15, 0.2) is 73.5 Å². The second kappa shape index (κ2) is 13.9. The minimum Gasteiger partial charge on any atom is -0.363 e. The molecule has 186 valence electrons. The summed E-state index contributed by atoms with van der Waals surface area (Å²) in [6, 6.07) is 0.110. The molecule has 2 aliphatic heterocycles. The van der Waals surface area contributed by atoms with Crippen molar-refractivity contribution in [2.45, 2.75) is 53.0 Å². The quantitative estimate of drug-likeness (QED) is 0.463. The van der Waals surface area contributed by atoms with Crippen LogP contribution in [-0.4, -0.2) is 61.2 Å². The predicted octanol–water partition coefficient (Wildman–Crippen LogP) is 6.08. The van der Waals surface area contributed by atoms with Gasteiger partial charge in [-0.1, -0.05) is 85.6 Å². The molecule has 1 unspecified atom stereocenters. The average molecular weight is 550 g/mol. The molecule has 0 saturated carbocycles. The molecule has 1 N–H and O–H groups in total. The van der Waals surface area contributed by atoms with E-state index in [0.29, 0.717) is 24.5 Å². The number of allylic oxidation sites excluding steroid dienone is 8. The number of fused-ring (bicyclic) bond motifs is 2. The zero-order chi connectivity index (χ0) is 25.3. The molecule has 4 rings (SSSR count). The third-order valence-corrected chi connectivity index (χ3v) is 6.58. The first-order chi connectivity index (χ1) is 16.4. The number of rotatable bonds is 4. The molecule has 0 saturated heterocycles. The lowest BCUT2D eigenvalue weighted by atomic mass is 9.99. The van der Waals surface area contributed by atoms with Crippen molar-refractivity contribution in [2.75, 3.05) is 33.7 Å². The number of hydrogen-bond acceptors (Lipinski definition) is 4. The third kappa shape index (κ3) is 7.06. The second-order valence-electron chi connectivity index (χ2n) is 8.10. The fourth-order valence-corrected chi connectivity index (χ4v) is 4.48. The van der Waals surface area contributed by atoms with E-state index in [1.807, 2.05) is 64.9 Å². The molecule has 0 fully saturated rings. The Hall–Kier alpha value is -1.89. The van der Waals surface area contributed by atoms with Crippen LogP contribution in [0, 0.1) is 0 Å². The van der Waals surface area contributed by atoms with E-state index in [4.69, 9.17) is 16.6 Å². The average Bonchev–Trinajstić information content (AvgIpc) is 2.97. The summed E-state index contributed by atoms with van der Waals surface area (Å²) in [6.07, 6.45) is 14.7. The van der Waals surface area contributed by atoms with Gasteiger partial charge in [0.05, 0.1) is 23.9 Å². The van der Waals surface area contributed by atoms with Crippen LogP contribution >= 0.6 is 27.5 Å². The van der Waals surface area contributed by atoms with Crippen LogP contribution in [-0.2, 0) is 4.79 Å². The molecule has 0 aromatic rings. The van der Waals surface area contributed by atoms with Gasteiger partial charge in [0.25, 0.3) is 5.91 Å². The maximum absolute atomic E-state index is 13.6. The molecule has 1 amide bonds. The number of halogens is 2. The summed E-state index contributed by atoms with van der Waals surface area (Å²) in [6.45, 7) is 9.92. The molecule has 4 aliphatic rings. The van der Waals surface area contributed by atoms with Crippen molar-refractivity contribution < 1.29 is 4.79 Å². The van der Waals surface area contributed by atoms with E-state index in [0.717, 1.165) is 52.2 Å². The van der Waals surface area contributed by atoms with E-state index in [1.165, 1.54) is 0 Å². The molecular formula is C27H38BrClN4O. The normalized spacial score (nSPS) is 21.6. The lowest BCUT2D eigenvalue weighted by Gasteiger charge is -2.25. The Labute approximate surface area is 218 Å². The molecule has 0 aromatic carbocycles. The second-order valence-corrected chi connectivity index (χ2v) is 9.56. The highest BCUT2D eigenvalue weighted by molar-refractivity contribution is 9.11. The SMILES string of the molecule is CC.CC.CN(C)CCN1CC(C2=CCC=C(Cl)C=C2)=NC2=C(C1=O)C1=CC=C(Br)CCC1N2. The van der Waals surface area contributed by atoms with Crippen molar-refractivity contribution in [2.24, 2.45) is 4.99 Å². The Bertz CT molecular complexity index is 969. The van der Waals surface area contributed by atoms with E-state index in [1.54, 1.807) is 0 Å². The van der Waals surface area contributed by atoms with Crippen LogP contribution in [0.3, 0.4) is 0 Å². The van der Waals surface area contributed by atoms with E-state index < -0.39 is 0 Å². The smallest absolute Gasteiger partial charge is 0.258 e. The number of carbonyl (C=O) groups is 1. The number of likely N-dealkylation sites (N-methyl/N-ethyl adjacent to an activating group) is 1. The maximum atomic E-state index is 13.6. The Kier molecular flexibility index (Phi) is 11.6. The highest BCUT2D eigenvalue weighted by atomic mass is 79.9.